The van der Waals surface area contributed by atoms with E-state index < -0.39 is 0 Å². The molecule has 2 N–H and O–H groups in total. The summed E-state index contributed by atoms with van der Waals surface area (Å²) in [4.78, 5) is 27.1. The van der Waals surface area contributed by atoms with Crippen LogP contribution in [-0.4, -0.2) is 32.0 Å². The maximum absolute atomic E-state index is 12.3. The second kappa shape index (κ2) is 8.35. The van der Waals surface area contributed by atoms with Gasteiger partial charge in [-0.2, -0.15) is 0 Å². The number of nitrogens with zero attached hydrogens (tertiary/aromatic N) is 1. The highest BCUT2D eigenvalue weighted by Crippen LogP contribution is 2.22. The van der Waals surface area contributed by atoms with E-state index in [4.69, 9.17) is 0 Å². The van der Waals surface area contributed by atoms with Crippen molar-refractivity contribution in [3.8, 4) is 0 Å². The number of benzene rings is 2. The van der Waals surface area contributed by atoms with Gasteiger partial charge in [0.25, 0.3) is 5.91 Å². The highest BCUT2D eigenvalue weighted by Gasteiger charge is 2.21. The van der Waals surface area contributed by atoms with Crippen molar-refractivity contribution in [2.45, 2.75) is 33.2 Å². The Morgan fingerprint density at radius 3 is 2.52 bits per heavy atom. The van der Waals surface area contributed by atoms with E-state index in [1.54, 1.807) is 4.90 Å². The van der Waals surface area contributed by atoms with Crippen LogP contribution in [0.1, 0.15) is 29.5 Å². The van der Waals surface area contributed by atoms with Crippen molar-refractivity contribution >= 4 is 23.2 Å². The first-order valence-electron chi connectivity index (χ1n) is 9.50. The molecule has 1 fully saturated rings. The van der Waals surface area contributed by atoms with E-state index in [9.17, 15) is 9.59 Å². The topological polar surface area (TPSA) is 53.9 Å². The second-order valence-corrected chi connectivity index (χ2v) is 7.48. The van der Waals surface area contributed by atoms with Gasteiger partial charge in [-0.05, 0) is 50.1 Å². The second-order valence-electron chi connectivity index (χ2n) is 7.48. The summed E-state index contributed by atoms with van der Waals surface area (Å²) < 4.78 is 0. The summed E-state index contributed by atoms with van der Waals surface area (Å²) in [5.41, 5.74) is 5.45. The molecule has 0 aromatic heterocycles. The largest absolute Gasteiger partial charge is 0.326 e. The van der Waals surface area contributed by atoms with Crippen LogP contribution < -0.4 is 15.1 Å². The summed E-state index contributed by atoms with van der Waals surface area (Å²) in [6.07, 6.45) is 1.53. The molecule has 5 nitrogen and oxygen atoms in total. The van der Waals surface area contributed by atoms with Crippen LogP contribution in [0.15, 0.2) is 42.5 Å². The molecule has 1 saturated heterocycles. The zero-order valence-electron chi connectivity index (χ0n) is 16.3. The monoisotopic (exact) mass is 366 g/mol. The lowest BCUT2D eigenvalue weighted by Gasteiger charge is -2.17. The fraction of sp³-hybridized carbons (Fsp3) is 0.364. The van der Waals surface area contributed by atoms with Crippen LogP contribution in [-0.2, 0) is 16.1 Å². The Labute approximate surface area is 161 Å². The normalized spacial score (nSPS) is 15.1. The van der Waals surface area contributed by atoms with E-state index in [0.717, 1.165) is 35.8 Å². The number of hydrogen-bond donors (Lipinski definition) is 2. The van der Waals surface area contributed by atoms with Crippen molar-refractivity contribution in [3.05, 3.63) is 59.2 Å². The molecule has 0 spiro atoms. The molecule has 0 bridgehead atoms. The smallest absolute Gasteiger partial charge is 0.279 e. The molecular formula is C22H28N3O2+. The van der Waals surface area contributed by atoms with Gasteiger partial charge in [-0.1, -0.05) is 23.8 Å². The number of carbonyl (C=O) groups is 2. The van der Waals surface area contributed by atoms with E-state index >= 15 is 0 Å². The van der Waals surface area contributed by atoms with E-state index in [-0.39, 0.29) is 11.8 Å². The quantitative estimate of drug-likeness (QED) is 0.823. The zero-order valence-corrected chi connectivity index (χ0v) is 16.3. The van der Waals surface area contributed by atoms with E-state index in [1.165, 1.54) is 16.7 Å². The van der Waals surface area contributed by atoms with Crippen molar-refractivity contribution in [1.29, 1.82) is 0 Å². The average molecular weight is 366 g/mol. The molecule has 3 rings (SSSR count). The molecule has 0 saturated carbocycles. The van der Waals surface area contributed by atoms with Gasteiger partial charge in [0.05, 0.1) is 7.05 Å². The molecule has 1 unspecified atom stereocenters. The predicted molar refractivity (Wildman–Crippen MR) is 108 cm³/mol. The Morgan fingerprint density at radius 1 is 1.15 bits per heavy atom. The van der Waals surface area contributed by atoms with Crippen molar-refractivity contribution in [1.82, 2.24) is 0 Å². The lowest BCUT2D eigenvalue weighted by atomic mass is 10.1. The lowest BCUT2D eigenvalue weighted by Crippen LogP contribution is -3.08. The van der Waals surface area contributed by atoms with Crippen molar-refractivity contribution < 1.29 is 14.5 Å². The van der Waals surface area contributed by atoms with Crippen LogP contribution in [0.3, 0.4) is 0 Å². The van der Waals surface area contributed by atoms with E-state index in [2.05, 4.69) is 37.4 Å². The molecule has 5 heteroatoms. The van der Waals surface area contributed by atoms with Crippen molar-refractivity contribution in [3.63, 3.8) is 0 Å². The summed E-state index contributed by atoms with van der Waals surface area (Å²) in [5.74, 6) is 0.158. The molecule has 2 aromatic carbocycles. The van der Waals surface area contributed by atoms with Gasteiger partial charge in [0, 0.05) is 29.9 Å². The Morgan fingerprint density at radius 2 is 1.89 bits per heavy atom. The Balaban J connectivity index is 1.53. The number of rotatable bonds is 6. The third-order valence-corrected chi connectivity index (χ3v) is 4.99. The van der Waals surface area contributed by atoms with Crippen LogP contribution in [0.4, 0.5) is 11.4 Å². The number of anilines is 2. The fourth-order valence-electron chi connectivity index (χ4n) is 3.56. The first-order chi connectivity index (χ1) is 12.9. The number of hydrogen-bond acceptors (Lipinski definition) is 2. The van der Waals surface area contributed by atoms with Crippen molar-refractivity contribution in [2.24, 2.45) is 0 Å². The minimum atomic E-state index is -0.0118. The summed E-state index contributed by atoms with van der Waals surface area (Å²) in [5, 5.41) is 2.95. The average Bonchev–Trinajstić information content (AvgIpc) is 3.04. The van der Waals surface area contributed by atoms with Crippen LogP contribution in [0, 0.1) is 13.8 Å². The highest BCUT2D eigenvalue weighted by molar-refractivity contribution is 5.96. The molecule has 1 aliphatic heterocycles. The van der Waals surface area contributed by atoms with Crippen LogP contribution in [0.2, 0.25) is 0 Å². The minimum Gasteiger partial charge on any atom is -0.326 e. The first kappa shape index (κ1) is 19.1. The third-order valence-electron chi connectivity index (χ3n) is 4.99. The summed E-state index contributed by atoms with van der Waals surface area (Å²) in [6, 6.07) is 13.9. The molecule has 1 heterocycles. The van der Waals surface area contributed by atoms with Gasteiger partial charge in [-0.15, -0.1) is 0 Å². The SMILES string of the molecule is Cc1ccc(C[NH+](C)CC(=O)Nc2ccc(N3CCCC3=O)cc2)c(C)c1. The fourth-order valence-corrected chi connectivity index (χ4v) is 3.56. The van der Waals surface area contributed by atoms with E-state index in [1.807, 2.05) is 31.3 Å². The summed E-state index contributed by atoms with van der Waals surface area (Å²) in [6.45, 7) is 6.19. The Kier molecular flexibility index (Phi) is 5.91. The van der Waals surface area contributed by atoms with Crippen molar-refractivity contribution in [2.75, 3.05) is 30.4 Å². The number of amides is 2. The molecular weight excluding hydrogens is 338 g/mol. The predicted octanol–water partition coefficient (Wildman–Crippen LogP) is 2.08. The molecule has 2 aromatic rings. The molecule has 27 heavy (non-hydrogen) atoms. The number of nitrogens with one attached hydrogen (secondary N) is 2. The zero-order chi connectivity index (χ0) is 19.4. The Bertz CT molecular complexity index is 830. The minimum absolute atomic E-state index is 0.0118. The number of aryl methyl sites for hydroxylation is 2. The maximum Gasteiger partial charge on any atom is 0.279 e. The standard InChI is InChI=1S/C22H27N3O2/c1-16-6-7-18(17(2)13-16)14-24(3)15-21(26)23-19-8-10-20(11-9-19)25-12-4-5-22(25)27/h6-11,13H,4-5,12,14-15H2,1-3H3,(H,23,26)/p+1. The lowest BCUT2D eigenvalue weighted by molar-refractivity contribution is -0.885. The van der Waals surface area contributed by atoms with Gasteiger partial charge < -0.3 is 15.1 Å². The van der Waals surface area contributed by atoms with Gasteiger partial charge in [0.15, 0.2) is 6.54 Å². The molecule has 1 aliphatic rings. The van der Waals surface area contributed by atoms with Crippen LogP contribution in [0.5, 0.6) is 0 Å². The molecule has 0 aliphatic carbocycles. The molecule has 2 amide bonds. The molecule has 0 radical (unpaired) electrons. The van der Waals surface area contributed by atoms with Crippen LogP contribution in [0.25, 0.3) is 0 Å². The highest BCUT2D eigenvalue weighted by atomic mass is 16.2. The first-order valence-corrected chi connectivity index (χ1v) is 9.50. The van der Waals surface area contributed by atoms with E-state index in [0.29, 0.717) is 13.0 Å². The number of quaternary nitrogens is 1. The summed E-state index contributed by atoms with van der Waals surface area (Å²) in [7, 11) is 2.03. The van der Waals surface area contributed by atoms with Gasteiger partial charge in [0.2, 0.25) is 5.91 Å². The summed E-state index contributed by atoms with van der Waals surface area (Å²) >= 11 is 0. The van der Waals surface area contributed by atoms with Gasteiger partial charge in [0.1, 0.15) is 6.54 Å². The van der Waals surface area contributed by atoms with Gasteiger partial charge >= 0.3 is 0 Å². The molecule has 1 atom stereocenters. The maximum atomic E-state index is 12.3. The number of carbonyl (C=O) groups excluding carboxylic acids is 2. The van der Waals surface area contributed by atoms with Gasteiger partial charge in [-0.3, -0.25) is 9.59 Å². The van der Waals surface area contributed by atoms with Crippen LogP contribution >= 0.6 is 0 Å². The number of likely N-dealkylation sites (N-methyl/N-ethyl adjacent to an activating group) is 1. The molecule has 142 valence electrons. The van der Waals surface area contributed by atoms with Gasteiger partial charge in [-0.25, -0.2) is 0 Å². The Hall–Kier alpha value is -2.66. The third kappa shape index (κ3) is 4.95.